The summed E-state index contributed by atoms with van der Waals surface area (Å²) in [6, 6.07) is 3.40. The van der Waals surface area contributed by atoms with Crippen molar-refractivity contribution in [2.75, 3.05) is 12.3 Å². The van der Waals surface area contributed by atoms with Gasteiger partial charge in [0.25, 0.3) is 0 Å². The van der Waals surface area contributed by atoms with Crippen LogP contribution in [-0.4, -0.2) is 61.5 Å². The highest BCUT2D eigenvalue weighted by atomic mass is 16.7. The van der Waals surface area contributed by atoms with Crippen LogP contribution in [-0.2, 0) is 19.8 Å². The number of carbonyl (C=O) groups is 1. The minimum absolute atomic E-state index is 0.267. The summed E-state index contributed by atoms with van der Waals surface area (Å²) in [4.78, 5) is 16.0. The van der Waals surface area contributed by atoms with Crippen molar-refractivity contribution in [3.8, 4) is 0 Å². The first kappa shape index (κ1) is 21.3. The molecular formula is C19H28N4O6. The Morgan fingerprint density at radius 3 is 2.72 bits per heavy atom. The van der Waals surface area contributed by atoms with E-state index in [0.29, 0.717) is 24.1 Å². The van der Waals surface area contributed by atoms with Crippen molar-refractivity contribution >= 4 is 17.5 Å². The lowest BCUT2D eigenvalue weighted by Crippen LogP contribution is -2.39. The topological polar surface area (TPSA) is 141 Å². The average molecular weight is 408 g/mol. The zero-order chi connectivity index (χ0) is 21.4. The molecule has 0 unspecified atom stereocenters. The zero-order valence-electron chi connectivity index (χ0n) is 17.0. The fourth-order valence-corrected chi connectivity index (χ4v) is 3.43. The molecule has 2 aromatic heterocycles. The van der Waals surface area contributed by atoms with Crippen LogP contribution in [0.15, 0.2) is 18.5 Å². The SMILES string of the molecule is CCC(C)(CC)OC(=O)OC[C@H]1O[C@@](C)(c2ccc3c(N)ncnn23)[C@H](O)[C@@H]1O. The number of aliphatic hydroxyl groups is 2. The number of aromatic nitrogens is 3. The van der Waals surface area contributed by atoms with Crippen LogP contribution in [0.3, 0.4) is 0 Å². The highest BCUT2D eigenvalue weighted by Crippen LogP contribution is 2.40. The first-order valence-corrected chi connectivity index (χ1v) is 9.63. The fourth-order valence-electron chi connectivity index (χ4n) is 3.43. The van der Waals surface area contributed by atoms with Crippen LogP contribution in [0.1, 0.15) is 46.2 Å². The maximum absolute atomic E-state index is 12.0. The molecule has 29 heavy (non-hydrogen) atoms. The van der Waals surface area contributed by atoms with Crippen LogP contribution in [0.4, 0.5) is 10.6 Å². The molecule has 2 aromatic rings. The molecule has 0 bridgehead atoms. The fraction of sp³-hybridized carbons (Fsp3) is 0.632. The Hall–Kier alpha value is -2.43. The summed E-state index contributed by atoms with van der Waals surface area (Å²) < 4.78 is 18.0. The number of rotatable bonds is 6. The molecule has 4 N–H and O–H groups in total. The highest BCUT2D eigenvalue weighted by Gasteiger charge is 2.54. The number of fused-ring (bicyclic) bond motifs is 1. The summed E-state index contributed by atoms with van der Waals surface area (Å²) in [6.07, 6.45) is -1.76. The molecule has 160 valence electrons. The maximum atomic E-state index is 12.0. The van der Waals surface area contributed by atoms with Crippen LogP contribution in [0.2, 0.25) is 0 Å². The van der Waals surface area contributed by atoms with E-state index >= 15 is 0 Å². The van der Waals surface area contributed by atoms with E-state index in [4.69, 9.17) is 19.9 Å². The number of ether oxygens (including phenoxy) is 3. The van der Waals surface area contributed by atoms with Gasteiger partial charge in [0.15, 0.2) is 5.82 Å². The molecule has 0 aliphatic carbocycles. The van der Waals surface area contributed by atoms with Gasteiger partial charge in [-0.15, -0.1) is 0 Å². The number of hydrogen-bond donors (Lipinski definition) is 3. The Balaban J connectivity index is 1.74. The molecule has 1 aliphatic rings. The van der Waals surface area contributed by atoms with E-state index in [9.17, 15) is 15.0 Å². The molecule has 0 amide bonds. The van der Waals surface area contributed by atoms with E-state index in [1.54, 1.807) is 19.1 Å². The second kappa shape index (κ2) is 7.77. The number of nitrogens with two attached hydrogens (primary N) is 1. The van der Waals surface area contributed by atoms with Gasteiger partial charge in [-0.25, -0.2) is 14.3 Å². The normalized spacial score (nSPS) is 27.3. The number of anilines is 1. The Morgan fingerprint density at radius 1 is 1.38 bits per heavy atom. The van der Waals surface area contributed by atoms with Crippen LogP contribution in [0, 0.1) is 0 Å². The van der Waals surface area contributed by atoms with Crippen molar-refractivity contribution in [3.05, 3.63) is 24.2 Å². The molecule has 0 saturated carbocycles. The third-order valence-corrected chi connectivity index (χ3v) is 5.85. The van der Waals surface area contributed by atoms with E-state index in [1.165, 1.54) is 10.8 Å². The van der Waals surface area contributed by atoms with Crippen LogP contribution in [0.25, 0.3) is 5.52 Å². The Bertz CT molecular complexity index is 883. The van der Waals surface area contributed by atoms with Gasteiger partial charge in [-0.3, -0.25) is 0 Å². The lowest BCUT2D eigenvalue weighted by Gasteiger charge is -2.27. The predicted octanol–water partition coefficient (Wildman–Crippen LogP) is 1.38. The van der Waals surface area contributed by atoms with Crippen molar-refractivity contribution in [2.45, 2.75) is 70.1 Å². The number of aliphatic hydroxyl groups excluding tert-OH is 2. The standard InChI is InChI=1S/C19H28N4O6/c1-5-18(3,6-2)29-17(26)27-9-12-14(24)15(25)19(4,28-12)13-8-7-11-16(20)21-10-22-23(11)13/h7-8,10,12,14-15,24-25H,5-6,9H2,1-4H3,(H2,20,21,22)/t12-,14-,15-,19+/m1/s1. The van der Waals surface area contributed by atoms with Crippen molar-refractivity contribution in [1.82, 2.24) is 14.6 Å². The van der Waals surface area contributed by atoms with E-state index < -0.39 is 35.7 Å². The average Bonchev–Trinajstić information content (AvgIpc) is 3.23. The predicted molar refractivity (Wildman–Crippen MR) is 103 cm³/mol. The molecule has 10 heteroatoms. The summed E-state index contributed by atoms with van der Waals surface area (Å²) in [5.41, 5.74) is 4.98. The van der Waals surface area contributed by atoms with Crippen molar-refractivity contribution in [3.63, 3.8) is 0 Å². The van der Waals surface area contributed by atoms with E-state index in [2.05, 4.69) is 10.1 Å². The number of nitrogens with zero attached hydrogens (tertiary/aromatic N) is 3. The molecule has 1 saturated heterocycles. The van der Waals surface area contributed by atoms with Crippen molar-refractivity contribution < 1.29 is 29.2 Å². The lowest BCUT2D eigenvalue weighted by atomic mass is 9.93. The first-order valence-electron chi connectivity index (χ1n) is 9.63. The zero-order valence-corrected chi connectivity index (χ0v) is 17.0. The molecule has 1 fully saturated rings. The van der Waals surface area contributed by atoms with Gasteiger partial charge in [0.05, 0.1) is 5.69 Å². The molecular weight excluding hydrogens is 380 g/mol. The third-order valence-electron chi connectivity index (χ3n) is 5.85. The summed E-state index contributed by atoms with van der Waals surface area (Å²) in [5.74, 6) is 0.278. The summed E-state index contributed by atoms with van der Waals surface area (Å²) in [7, 11) is 0. The molecule has 1 aliphatic heterocycles. The van der Waals surface area contributed by atoms with Gasteiger partial charge >= 0.3 is 6.16 Å². The number of nitrogen functional groups attached to an aromatic ring is 1. The van der Waals surface area contributed by atoms with Gasteiger partial charge in [-0.2, -0.15) is 5.10 Å². The molecule has 3 heterocycles. The lowest BCUT2D eigenvalue weighted by molar-refractivity contribution is -0.0997. The number of carbonyl (C=O) groups excluding carboxylic acids is 1. The molecule has 3 rings (SSSR count). The Kier molecular flexibility index (Phi) is 5.70. The quantitative estimate of drug-likeness (QED) is 0.604. The van der Waals surface area contributed by atoms with Gasteiger partial charge in [-0.1, -0.05) is 13.8 Å². The molecule has 0 aromatic carbocycles. The molecule has 10 nitrogen and oxygen atoms in total. The minimum atomic E-state index is -1.30. The Labute approximate surface area is 168 Å². The second-order valence-electron chi connectivity index (χ2n) is 7.68. The maximum Gasteiger partial charge on any atom is 0.508 e. The van der Waals surface area contributed by atoms with Crippen LogP contribution < -0.4 is 5.73 Å². The minimum Gasteiger partial charge on any atom is -0.431 e. The third kappa shape index (κ3) is 3.75. The van der Waals surface area contributed by atoms with Crippen LogP contribution >= 0.6 is 0 Å². The van der Waals surface area contributed by atoms with E-state index in [-0.39, 0.29) is 12.4 Å². The second-order valence-corrected chi connectivity index (χ2v) is 7.68. The van der Waals surface area contributed by atoms with E-state index in [1.807, 2.05) is 20.8 Å². The summed E-state index contributed by atoms with van der Waals surface area (Å²) >= 11 is 0. The Morgan fingerprint density at radius 2 is 2.07 bits per heavy atom. The monoisotopic (exact) mass is 408 g/mol. The smallest absolute Gasteiger partial charge is 0.431 e. The summed E-state index contributed by atoms with van der Waals surface area (Å²) in [5, 5.41) is 25.3. The summed E-state index contributed by atoms with van der Waals surface area (Å²) in [6.45, 7) is 7.02. The van der Waals surface area contributed by atoms with Gasteiger partial charge in [0.1, 0.15) is 48.0 Å². The van der Waals surface area contributed by atoms with Gasteiger partial charge in [0, 0.05) is 0 Å². The number of hydrogen-bond acceptors (Lipinski definition) is 9. The van der Waals surface area contributed by atoms with Gasteiger partial charge < -0.3 is 30.2 Å². The first-order chi connectivity index (χ1) is 13.6. The largest absolute Gasteiger partial charge is 0.508 e. The van der Waals surface area contributed by atoms with Gasteiger partial charge in [-0.05, 0) is 38.8 Å². The van der Waals surface area contributed by atoms with Crippen molar-refractivity contribution in [1.29, 1.82) is 0 Å². The van der Waals surface area contributed by atoms with E-state index in [0.717, 1.165) is 0 Å². The van der Waals surface area contributed by atoms with Crippen LogP contribution in [0.5, 0.6) is 0 Å². The highest BCUT2D eigenvalue weighted by molar-refractivity contribution is 5.65. The van der Waals surface area contributed by atoms with Crippen molar-refractivity contribution in [2.24, 2.45) is 0 Å². The molecule has 4 atom stereocenters. The van der Waals surface area contributed by atoms with Gasteiger partial charge in [0.2, 0.25) is 0 Å². The molecule has 0 radical (unpaired) electrons. The molecule has 0 spiro atoms.